The lowest BCUT2D eigenvalue weighted by Gasteiger charge is -2.20. The van der Waals surface area contributed by atoms with E-state index in [1.54, 1.807) is 6.08 Å². The number of unbranched alkanes of at least 4 members (excludes halogenated alkanes) is 21. The van der Waals surface area contributed by atoms with Crippen molar-refractivity contribution in [2.75, 3.05) is 6.61 Å². The van der Waals surface area contributed by atoms with Crippen LogP contribution in [0.2, 0.25) is 0 Å². The lowest BCUT2D eigenvalue weighted by molar-refractivity contribution is -0.123. The van der Waals surface area contributed by atoms with Crippen LogP contribution in [0.25, 0.3) is 0 Å². The highest BCUT2D eigenvalue weighted by molar-refractivity contribution is 5.76. The summed E-state index contributed by atoms with van der Waals surface area (Å²) in [6.07, 6.45) is 65.5. The van der Waals surface area contributed by atoms with Crippen molar-refractivity contribution in [2.24, 2.45) is 0 Å². The van der Waals surface area contributed by atoms with E-state index in [0.717, 1.165) is 83.5 Å². The molecule has 4 nitrogen and oxygen atoms in total. The van der Waals surface area contributed by atoms with Crippen LogP contribution in [0.15, 0.2) is 85.1 Å². The van der Waals surface area contributed by atoms with Crippen molar-refractivity contribution < 1.29 is 15.0 Å². The van der Waals surface area contributed by atoms with Crippen LogP contribution < -0.4 is 5.32 Å². The van der Waals surface area contributed by atoms with Gasteiger partial charge in [-0.1, -0.05) is 214 Å². The van der Waals surface area contributed by atoms with Gasteiger partial charge in [-0.25, -0.2) is 0 Å². The van der Waals surface area contributed by atoms with Crippen molar-refractivity contribution in [3.8, 4) is 0 Å². The first-order chi connectivity index (χ1) is 26.7. The molecule has 0 rings (SSSR count). The number of amides is 1. The first kappa shape index (κ1) is 51.6. The van der Waals surface area contributed by atoms with E-state index in [-0.39, 0.29) is 12.5 Å². The zero-order chi connectivity index (χ0) is 39.3. The Morgan fingerprint density at radius 1 is 0.463 bits per heavy atom. The molecule has 0 spiro atoms. The van der Waals surface area contributed by atoms with E-state index in [1.165, 1.54) is 103 Å². The van der Waals surface area contributed by atoms with Crippen molar-refractivity contribution in [2.45, 2.75) is 219 Å². The molecular formula is C50H87NO3. The summed E-state index contributed by atoms with van der Waals surface area (Å²) in [6.45, 7) is 4.18. The Morgan fingerprint density at radius 3 is 1.22 bits per heavy atom. The van der Waals surface area contributed by atoms with E-state index in [4.69, 9.17) is 0 Å². The molecule has 310 valence electrons. The van der Waals surface area contributed by atoms with Gasteiger partial charge in [-0.3, -0.25) is 4.79 Å². The molecule has 0 aliphatic rings. The van der Waals surface area contributed by atoms with Gasteiger partial charge < -0.3 is 15.5 Å². The average Bonchev–Trinajstić information content (AvgIpc) is 3.18. The van der Waals surface area contributed by atoms with E-state index >= 15 is 0 Å². The predicted molar refractivity (Wildman–Crippen MR) is 239 cm³/mol. The van der Waals surface area contributed by atoms with Crippen LogP contribution in [0.4, 0.5) is 0 Å². The molecule has 0 heterocycles. The highest BCUT2D eigenvalue weighted by Gasteiger charge is 2.17. The predicted octanol–water partition coefficient (Wildman–Crippen LogP) is 14.5. The van der Waals surface area contributed by atoms with E-state index in [2.05, 4.69) is 92.1 Å². The Balaban J connectivity index is 3.67. The molecule has 3 N–H and O–H groups in total. The van der Waals surface area contributed by atoms with E-state index < -0.39 is 12.1 Å². The quantitative estimate of drug-likeness (QED) is 0.0431. The number of carbonyl (C=O) groups is 1. The van der Waals surface area contributed by atoms with Gasteiger partial charge in [-0.05, 0) is 70.6 Å². The minimum atomic E-state index is -0.855. The van der Waals surface area contributed by atoms with E-state index in [0.29, 0.717) is 6.42 Å². The Bertz CT molecular complexity index is 988. The van der Waals surface area contributed by atoms with Crippen molar-refractivity contribution in [1.82, 2.24) is 5.32 Å². The van der Waals surface area contributed by atoms with Gasteiger partial charge in [0.2, 0.25) is 5.91 Å². The summed E-state index contributed by atoms with van der Waals surface area (Å²) in [4.78, 5) is 12.4. The number of aliphatic hydroxyl groups is 2. The molecule has 4 heteroatoms. The Labute approximate surface area is 335 Å². The molecule has 0 aromatic rings. The Kier molecular flexibility index (Phi) is 42.9. The second kappa shape index (κ2) is 45.0. The fraction of sp³-hybridized carbons (Fsp3) is 0.700. The summed E-state index contributed by atoms with van der Waals surface area (Å²) in [7, 11) is 0. The number of allylic oxidation sites excluding steroid dienone is 13. The van der Waals surface area contributed by atoms with Crippen LogP contribution in [0.1, 0.15) is 206 Å². The van der Waals surface area contributed by atoms with Gasteiger partial charge in [0.25, 0.3) is 0 Å². The summed E-state index contributed by atoms with van der Waals surface area (Å²) in [5, 5.41) is 23.0. The smallest absolute Gasteiger partial charge is 0.220 e. The molecule has 0 aliphatic heterocycles. The topological polar surface area (TPSA) is 69.6 Å². The number of aliphatic hydroxyl groups excluding tert-OH is 2. The Hall–Kier alpha value is -2.43. The first-order valence-corrected chi connectivity index (χ1v) is 22.8. The zero-order valence-corrected chi connectivity index (χ0v) is 35.5. The van der Waals surface area contributed by atoms with Crippen molar-refractivity contribution >= 4 is 5.91 Å². The van der Waals surface area contributed by atoms with Crippen LogP contribution in [-0.4, -0.2) is 34.9 Å². The van der Waals surface area contributed by atoms with Crippen molar-refractivity contribution in [1.29, 1.82) is 0 Å². The third-order valence-corrected chi connectivity index (χ3v) is 9.88. The van der Waals surface area contributed by atoms with E-state index in [1.807, 2.05) is 6.08 Å². The third-order valence-electron chi connectivity index (χ3n) is 9.88. The molecule has 54 heavy (non-hydrogen) atoms. The monoisotopic (exact) mass is 750 g/mol. The molecule has 1 amide bonds. The number of carbonyl (C=O) groups excluding carboxylic acids is 1. The van der Waals surface area contributed by atoms with Crippen molar-refractivity contribution in [3.63, 3.8) is 0 Å². The van der Waals surface area contributed by atoms with Crippen LogP contribution in [0.3, 0.4) is 0 Å². The first-order valence-electron chi connectivity index (χ1n) is 22.8. The van der Waals surface area contributed by atoms with Crippen LogP contribution in [0, 0.1) is 0 Å². The minimum Gasteiger partial charge on any atom is -0.394 e. The van der Waals surface area contributed by atoms with Crippen LogP contribution in [0.5, 0.6) is 0 Å². The molecule has 0 aromatic carbocycles. The van der Waals surface area contributed by atoms with Gasteiger partial charge in [-0.2, -0.15) is 0 Å². The largest absolute Gasteiger partial charge is 0.394 e. The summed E-state index contributed by atoms with van der Waals surface area (Å²) < 4.78 is 0. The molecule has 0 radical (unpaired) electrons. The summed E-state index contributed by atoms with van der Waals surface area (Å²) in [6, 6.07) is -0.641. The normalized spacial score (nSPS) is 13.8. The fourth-order valence-electron chi connectivity index (χ4n) is 6.42. The molecule has 0 fully saturated rings. The van der Waals surface area contributed by atoms with Gasteiger partial charge >= 0.3 is 0 Å². The Morgan fingerprint density at radius 2 is 0.815 bits per heavy atom. The molecule has 0 bridgehead atoms. The number of hydrogen-bond acceptors (Lipinski definition) is 3. The summed E-state index contributed by atoms with van der Waals surface area (Å²) in [5.74, 6) is -0.0911. The minimum absolute atomic E-state index is 0.0911. The molecular weight excluding hydrogens is 663 g/mol. The maximum atomic E-state index is 12.4. The molecule has 2 atom stereocenters. The van der Waals surface area contributed by atoms with Crippen LogP contribution >= 0.6 is 0 Å². The second-order valence-electron chi connectivity index (χ2n) is 15.1. The highest BCUT2D eigenvalue weighted by atomic mass is 16.3. The van der Waals surface area contributed by atoms with Gasteiger partial charge in [0.05, 0.1) is 18.8 Å². The van der Waals surface area contributed by atoms with Gasteiger partial charge in [0.1, 0.15) is 0 Å². The zero-order valence-electron chi connectivity index (χ0n) is 35.5. The van der Waals surface area contributed by atoms with Crippen LogP contribution in [-0.2, 0) is 4.79 Å². The molecule has 0 aliphatic carbocycles. The standard InChI is InChI=1S/C50H87NO3/c1-3-5-7-9-11-13-15-17-19-21-23-24-25-26-28-30-32-34-36-38-40-42-44-46-50(54)51-48(47-52)49(53)45-43-41-39-37-35-33-31-29-27-22-20-18-16-14-12-10-8-6-4-2/h5,7,11,13,17,19,23-24,26,28,32,34,43,45,48-49,52-53H,3-4,6,8-10,12,14-16,18,20-22,25,27,29-31,33,35-42,44,46-47H2,1-2H3,(H,51,54)/b7-5-,13-11-,19-17-,24-23-,28-26-,34-32-,45-43+. The average molecular weight is 750 g/mol. The second-order valence-corrected chi connectivity index (χ2v) is 15.1. The molecule has 0 saturated carbocycles. The van der Waals surface area contributed by atoms with E-state index in [9.17, 15) is 15.0 Å². The third kappa shape index (κ3) is 40.7. The lowest BCUT2D eigenvalue weighted by atomic mass is 10.0. The number of hydrogen-bond donors (Lipinski definition) is 3. The number of rotatable bonds is 40. The summed E-state index contributed by atoms with van der Waals surface area (Å²) >= 11 is 0. The van der Waals surface area contributed by atoms with Crippen molar-refractivity contribution in [3.05, 3.63) is 85.1 Å². The maximum absolute atomic E-state index is 12.4. The number of nitrogens with one attached hydrogen (secondary N) is 1. The summed E-state index contributed by atoms with van der Waals surface area (Å²) in [5.41, 5.74) is 0. The SMILES string of the molecule is CC/C=C\C/C=C\C/C=C\C/C=C\C/C=C\C/C=C\CCCCCCC(=O)NC(CO)C(O)/C=C/CCCCCCCCCCCCCCCCCCC. The fourth-order valence-corrected chi connectivity index (χ4v) is 6.42. The van der Waals surface area contributed by atoms with Gasteiger partial charge in [0, 0.05) is 6.42 Å². The lowest BCUT2D eigenvalue weighted by Crippen LogP contribution is -2.45. The molecule has 0 saturated heterocycles. The highest BCUT2D eigenvalue weighted by Crippen LogP contribution is 2.15. The maximum Gasteiger partial charge on any atom is 0.220 e. The molecule has 0 aromatic heterocycles. The molecule has 2 unspecified atom stereocenters. The van der Waals surface area contributed by atoms with Gasteiger partial charge in [-0.15, -0.1) is 0 Å². The van der Waals surface area contributed by atoms with Gasteiger partial charge in [0.15, 0.2) is 0 Å².